The predicted octanol–water partition coefficient (Wildman–Crippen LogP) is 1.23. The van der Waals surface area contributed by atoms with Crippen LogP contribution in [0.2, 0.25) is 0 Å². The molecule has 0 saturated carbocycles. The van der Waals surface area contributed by atoms with E-state index in [-0.39, 0.29) is 16.4 Å². The lowest BCUT2D eigenvalue weighted by atomic mass is 10.0. The van der Waals surface area contributed by atoms with E-state index in [1.165, 1.54) is 33.5 Å². The van der Waals surface area contributed by atoms with E-state index >= 15 is 0 Å². The summed E-state index contributed by atoms with van der Waals surface area (Å²) in [7, 11) is 0.398. The van der Waals surface area contributed by atoms with Crippen LogP contribution < -0.4 is 19.6 Å². The van der Waals surface area contributed by atoms with Crippen molar-refractivity contribution in [1.29, 1.82) is 0 Å². The van der Waals surface area contributed by atoms with E-state index < -0.39 is 16.1 Å². The number of nitrogens with one attached hydrogen (secondary N) is 1. The number of benzene rings is 2. The number of hydrogen-bond donors (Lipinski definition) is 2. The maximum absolute atomic E-state index is 13.0. The highest BCUT2D eigenvalue weighted by Gasteiger charge is 2.37. The van der Waals surface area contributed by atoms with Gasteiger partial charge in [-0.25, -0.2) is 0 Å². The largest absolute Gasteiger partial charge is 0.504 e. The van der Waals surface area contributed by atoms with Gasteiger partial charge in [0.15, 0.2) is 11.5 Å². The van der Waals surface area contributed by atoms with Crippen molar-refractivity contribution < 1.29 is 32.5 Å². The molecule has 2 aliphatic rings. The summed E-state index contributed by atoms with van der Waals surface area (Å²) in [6, 6.07) is 7.44. The van der Waals surface area contributed by atoms with Gasteiger partial charge in [0.1, 0.15) is 22.4 Å². The van der Waals surface area contributed by atoms with Crippen LogP contribution in [0.4, 0.5) is 0 Å². The minimum absolute atomic E-state index is 0.0110. The Morgan fingerprint density at radius 2 is 1.89 bits per heavy atom. The minimum Gasteiger partial charge on any atom is -0.504 e. The van der Waals surface area contributed by atoms with E-state index in [2.05, 4.69) is 19.8 Å². The van der Waals surface area contributed by atoms with Crippen molar-refractivity contribution in [2.24, 2.45) is 9.50 Å². The number of fused-ring (bicyclic) bond motifs is 1. The first-order valence-corrected chi connectivity index (χ1v) is 12.4. The van der Waals surface area contributed by atoms with E-state index in [0.717, 1.165) is 0 Å². The molecule has 4 rings (SSSR count). The van der Waals surface area contributed by atoms with Crippen LogP contribution in [0.1, 0.15) is 11.1 Å². The number of methoxy groups -OCH3 is 3. The van der Waals surface area contributed by atoms with Crippen LogP contribution in [-0.2, 0) is 14.8 Å². The number of sulfonamides is 1. The monoisotopic (exact) mass is 504 g/mol. The molecule has 11 nitrogen and oxygen atoms in total. The Morgan fingerprint density at radius 3 is 2.57 bits per heavy atom. The van der Waals surface area contributed by atoms with Gasteiger partial charge in [-0.3, -0.25) is 10.3 Å². The van der Waals surface area contributed by atoms with Crippen LogP contribution in [0.3, 0.4) is 0 Å². The first-order valence-electron chi connectivity index (χ1n) is 10.9. The van der Waals surface area contributed by atoms with Crippen molar-refractivity contribution in [2.75, 3.05) is 54.2 Å². The van der Waals surface area contributed by atoms with Crippen molar-refractivity contribution in [3.63, 3.8) is 0 Å². The van der Waals surface area contributed by atoms with Crippen LogP contribution in [0.15, 0.2) is 44.7 Å². The zero-order chi connectivity index (χ0) is 25.0. The summed E-state index contributed by atoms with van der Waals surface area (Å²) in [6.45, 7) is 3.03. The average Bonchev–Trinajstić information content (AvgIpc) is 3.15. The molecule has 2 heterocycles. The molecule has 35 heavy (non-hydrogen) atoms. The third-order valence-corrected chi connectivity index (χ3v) is 7.13. The standard InChI is InChI=1S/C23H28N4O7S/c1-31-16-11-17-22(26-35(29,30)23(17)21(12-16)33-3)18(14-27-6-8-34-9-7-27)25-24-13-15-4-5-19(28)20(10-15)32-2/h4-5,10-13,18,25,28H,6-9,14H2,1-3H3/b24-13+. The normalized spacial score (nSPS) is 18.1. The highest BCUT2D eigenvalue weighted by atomic mass is 32.2. The Bertz CT molecular complexity index is 1240. The maximum atomic E-state index is 13.0. The second-order valence-electron chi connectivity index (χ2n) is 7.94. The third kappa shape index (κ3) is 5.34. The maximum Gasteiger partial charge on any atom is 0.287 e. The minimum atomic E-state index is -3.97. The van der Waals surface area contributed by atoms with Gasteiger partial charge in [0, 0.05) is 31.3 Å². The first kappa shape index (κ1) is 24.8. The van der Waals surface area contributed by atoms with Crippen LogP contribution in [0, 0.1) is 0 Å². The molecule has 1 unspecified atom stereocenters. The molecular weight excluding hydrogens is 476 g/mol. The van der Waals surface area contributed by atoms with Crippen molar-refractivity contribution in [2.45, 2.75) is 10.9 Å². The second-order valence-corrected chi connectivity index (χ2v) is 9.48. The fourth-order valence-electron chi connectivity index (χ4n) is 3.99. The molecule has 0 bridgehead atoms. The molecule has 2 N–H and O–H groups in total. The number of morpholine rings is 1. The molecule has 1 fully saturated rings. The molecular formula is C23H28N4O7S. The lowest BCUT2D eigenvalue weighted by Crippen LogP contribution is -2.48. The van der Waals surface area contributed by atoms with Gasteiger partial charge in [0.2, 0.25) is 0 Å². The van der Waals surface area contributed by atoms with Crippen molar-refractivity contribution in [3.05, 3.63) is 41.5 Å². The number of ether oxygens (including phenoxy) is 4. The van der Waals surface area contributed by atoms with Gasteiger partial charge >= 0.3 is 0 Å². The molecule has 0 spiro atoms. The van der Waals surface area contributed by atoms with Gasteiger partial charge in [-0.1, -0.05) is 0 Å². The SMILES string of the molecule is COc1cc(OC)c2c(c1)C(C(CN1CCOCC1)N/N=C/c1ccc(O)c(OC)c1)=NS2(=O)=O. The van der Waals surface area contributed by atoms with Crippen molar-refractivity contribution in [1.82, 2.24) is 10.3 Å². The van der Waals surface area contributed by atoms with E-state index in [1.807, 2.05) is 0 Å². The van der Waals surface area contributed by atoms with Crippen LogP contribution in [0.25, 0.3) is 0 Å². The van der Waals surface area contributed by atoms with Gasteiger partial charge < -0.3 is 24.1 Å². The Hall–Kier alpha value is -3.35. The average molecular weight is 505 g/mol. The van der Waals surface area contributed by atoms with Gasteiger partial charge in [-0.2, -0.15) is 17.9 Å². The fourth-order valence-corrected chi connectivity index (χ4v) is 5.40. The Labute approximate surface area is 204 Å². The Morgan fingerprint density at radius 1 is 1.14 bits per heavy atom. The highest BCUT2D eigenvalue weighted by Crippen LogP contribution is 2.39. The molecule has 0 aliphatic carbocycles. The first-order chi connectivity index (χ1) is 16.9. The number of hydrazone groups is 1. The molecule has 1 atom stereocenters. The summed E-state index contributed by atoms with van der Waals surface area (Å²) >= 11 is 0. The molecule has 1 saturated heterocycles. The van der Waals surface area contributed by atoms with Crippen molar-refractivity contribution in [3.8, 4) is 23.0 Å². The zero-order valence-corrected chi connectivity index (χ0v) is 20.5. The molecule has 0 radical (unpaired) electrons. The van der Waals surface area contributed by atoms with Crippen molar-refractivity contribution >= 4 is 21.9 Å². The third-order valence-electron chi connectivity index (χ3n) is 5.76. The van der Waals surface area contributed by atoms with Crippen LogP contribution >= 0.6 is 0 Å². The van der Waals surface area contributed by atoms with Gasteiger partial charge in [0.25, 0.3) is 10.0 Å². The number of rotatable bonds is 9. The predicted molar refractivity (Wildman–Crippen MR) is 130 cm³/mol. The lowest BCUT2D eigenvalue weighted by Gasteiger charge is -2.30. The topological polar surface area (TPSA) is 131 Å². The number of nitrogens with zero attached hydrogens (tertiary/aromatic N) is 3. The summed E-state index contributed by atoms with van der Waals surface area (Å²) in [6.07, 6.45) is 1.56. The van der Waals surface area contributed by atoms with Crippen LogP contribution in [0.5, 0.6) is 23.0 Å². The molecule has 0 aromatic heterocycles. The summed E-state index contributed by atoms with van der Waals surface area (Å²) in [5, 5.41) is 14.2. The lowest BCUT2D eigenvalue weighted by molar-refractivity contribution is 0.0364. The Balaban J connectivity index is 1.68. The molecule has 12 heteroatoms. The molecule has 2 aliphatic heterocycles. The molecule has 2 aromatic rings. The fraction of sp³-hybridized carbons (Fsp3) is 0.391. The highest BCUT2D eigenvalue weighted by molar-refractivity contribution is 7.91. The summed E-state index contributed by atoms with van der Waals surface area (Å²) in [5.41, 5.74) is 4.49. The number of phenolic OH excluding ortho intramolecular Hbond substituents is 1. The smallest absolute Gasteiger partial charge is 0.287 e. The summed E-state index contributed by atoms with van der Waals surface area (Å²) in [4.78, 5) is 2.17. The van der Waals surface area contributed by atoms with E-state index in [4.69, 9.17) is 18.9 Å². The number of hydrogen-bond acceptors (Lipinski definition) is 10. The number of aromatic hydroxyl groups is 1. The van der Waals surface area contributed by atoms with Gasteiger partial charge in [-0.15, -0.1) is 0 Å². The van der Waals surface area contributed by atoms with Gasteiger partial charge in [0.05, 0.1) is 46.5 Å². The quantitative estimate of drug-likeness (QED) is 0.382. The molecule has 0 amide bonds. The van der Waals surface area contributed by atoms with Crippen LogP contribution in [-0.4, -0.2) is 90.6 Å². The van der Waals surface area contributed by atoms with E-state index in [9.17, 15) is 13.5 Å². The number of phenols is 1. The second kappa shape index (κ2) is 10.5. The zero-order valence-electron chi connectivity index (χ0n) is 19.7. The molecule has 2 aromatic carbocycles. The molecule has 188 valence electrons. The Kier molecular flexibility index (Phi) is 7.43. The summed E-state index contributed by atoms with van der Waals surface area (Å²) in [5.74, 6) is 0.962. The van der Waals surface area contributed by atoms with E-state index in [0.29, 0.717) is 61.2 Å². The van der Waals surface area contributed by atoms with E-state index in [1.54, 1.807) is 24.4 Å². The summed E-state index contributed by atoms with van der Waals surface area (Å²) < 4.78 is 51.4. The van der Waals surface area contributed by atoms with Gasteiger partial charge in [-0.05, 0) is 29.8 Å².